The average molecular weight is 510 g/mol. The Labute approximate surface area is 205 Å². The van der Waals surface area contributed by atoms with E-state index >= 15 is 0 Å². The Hall–Kier alpha value is -1.68. The van der Waals surface area contributed by atoms with Gasteiger partial charge in [-0.1, -0.05) is 25.4 Å². The molecule has 1 aliphatic carbocycles. The van der Waals surface area contributed by atoms with Crippen molar-refractivity contribution in [1.29, 1.82) is 0 Å². The minimum absolute atomic E-state index is 0.131. The van der Waals surface area contributed by atoms with Crippen LogP contribution in [0.5, 0.6) is 0 Å². The molecule has 7 nitrogen and oxygen atoms in total. The second kappa shape index (κ2) is 10.3. The third-order valence-corrected chi connectivity index (χ3v) is 8.94. The van der Waals surface area contributed by atoms with Gasteiger partial charge in [-0.15, -0.1) is 11.3 Å². The van der Waals surface area contributed by atoms with Crippen molar-refractivity contribution in [1.82, 2.24) is 15.3 Å². The Morgan fingerprint density at radius 3 is 2.61 bits per heavy atom. The van der Waals surface area contributed by atoms with Crippen molar-refractivity contribution >= 4 is 50.0 Å². The van der Waals surface area contributed by atoms with Crippen LogP contribution in [0.15, 0.2) is 32.5 Å². The fraction of sp³-hybridized carbons (Fsp3) is 0.565. The van der Waals surface area contributed by atoms with Gasteiger partial charge >= 0.3 is 0 Å². The first-order valence-electron chi connectivity index (χ1n) is 11.1. The molecule has 1 fully saturated rings. The molecule has 2 atom stereocenters. The first-order chi connectivity index (χ1) is 15.4. The molecule has 0 radical (unpaired) electrons. The van der Waals surface area contributed by atoms with E-state index in [2.05, 4.69) is 34.1 Å². The number of hydrogen-bond donors (Lipinski definition) is 1. The van der Waals surface area contributed by atoms with Crippen molar-refractivity contribution in [2.45, 2.75) is 63.6 Å². The van der Waals surface area contributed by atoms with Crippen molar-refractivity contribution in [3.63, 3.8) is 0 Å². The van der Waals surface area contributed by atoms with E-state index in [9.17, 15) is 8.42 Å². The minimum atomic E-state index is -3.46. The zero-order chi connectivity index (χ0) is 24.4. The lowest BCUT2D eigenvalue weighted by atomic mass is 10.1. The molecule has 0 bridgehead atoms. The monoisotopic (exact) mass is 509 g/mol. The van der Waals surface area contributed by atoms with Crippen LogP contribution in [-0.2, 0) is 9.84 Å². The Bertz CT molecular complexity index is 1170. The van der Waals surface area contributed by atoms with E-state index in [0.29, 0.717) is 39.8 Å². The van der Waals surface area contributed by atoms with Crippen LogP contribution in [0.4, 0.5) is 5.82 Å². The molecule has 3 rings (SSSR count). The van der Waals surface area contributed by atoms with E-state index in [4.69, 9.17) is 16.6 Å². The first kappa shape index (κ1) is 25.9. The quantitative estimate of drug-likeness (QED) is 0.445. The summed E-state index contributed by atoms with van der Waals surface area (Å²) in [6.07, 6.45) is 4.16. The highest BCUT2D eigenvalue weighted by atomic mass is 35.5. The fourth-order valence-electron chi connectivity index (χ4n) is 3.31. The summed E-state index contributed by atoms with van der Waals surface area (Å²) in [4.78, 5) is 18.7. The van der Waals surface area contributed by atoms with Gasteiger partial charge in [-0.05, 0) is 51.7 Å². The van der Waals surface area contributed by atoms with Gasteiger partial charge in [-0.25, -0.2) is 23.4 Å². The minimum Gasteiger partial charge on any atom is -0.299 e. The largest absolute Gasteiger partial charge is 0.299 e. The second-order valence-electron chi connectivity index (χ2n) is 9.41. The molecule has 2 aromatic rings. The van der Waals surface area contributed by atoms with Gasteiger partial charge in [-0.2, -0.15) is 0 Å². The maximum Gasteiger partial charge on any atom is 0.200 e. The molecular formula is C23H32ClN5O2S2. The number of hydrogen-bond acceptors (Lipinski definition) is 8. The van der Waals surface area contributed by atoms with Crippen molar-refractivity contribution in [3.8, 4) is 10.7 Å². The lowest BCUT2D eigenvalue weighted by molar-refractivity contribution is 0.452. The Kier molecular flexibility index (Phi) is 8.09. The van der Waals surface area contributed by atoms with E-state index < -0.39 is 9.84 Å². The van der Waals surface area contributed by atoms with Crippen molar-refractivity contribution in [2.24, 2.45) is 21.8 Å². The lowest BCUT2D eigenvalue weighted by Crippen LogP contribution is -2.39. The molecule has 2 aromatic heterocycles. The predicted octanol–water partition coefficient (Wildman–Crippen LogP) is 5.58. The predicted molar refractivity (Wildman–Crippen MR) is 138 cm³/mol. The zero-order valence-electron chi connectivity index (χ0n) is 20.0. The summed E-state index contributed by atoms with van der Waals surface area (Å²) in [5.41, 5.74) is 1.84. The molecule has 2 unspecified atom stereocenters. The Morgan fingerprint density at radius 1 is 1.33 bits per heavy atom. The molecule has 0 spiro atoms. The molecule has 2 heterocycles. The van der Waals surface area contributed by atoms with Crippen LogP contribution in [-0.4, -0.2) is 48.3 Å². The summed E-state index contributed by atoms with van der Waals surface area (Å²) in [6, 6.07) is 3.32. The summed E-state index contributed by atoms with van der Waals surface area (Å²) >= 11 is 7.50. The summed E-state index contributed by atoms with van der Waals surface area (Å²) in [6.45, 7) is 10.1. The molecule has 33 heavy (non-hydrogen) atoms. The van der Waals surface area contributed by atoms with Crippen LogP contribution in [0.3, 0.4) is 0 Å². The SMILES string of the molecule is CCC(CC(=NC)C1CC1C)=Nc1nc(-c2ccc(S(=O)(=O)CNC(C)(C)C)s2)ncc1Cl. The lowest BCUT2D eigenvalue weighted by Gasteiger charge is -2.19. The van der Waals surface area contributed by atoms with Crippen molar-refractivity contribution in [2.75, 3.05) is 12.9 Å². The maximum atomic E-state index is 12.7. The molecule has 0 amide bonds. The molecule has 10 heteroatoms. The van der Waals surface area contributed by atoms with Gasteiger partial charge in [0.05, 0.1) is 11.1 Å². The van der Waals surface area contributed by atoms with Crippen molar-refractivity contribution < 1.29 is 8.42 Å². The number of nitrogens with one attached hydrogen (secondary N) is 1. The van der Waals surface area contributed by atoms with E-state index in [0.717, 1.165) is 23.5 Å². The summed E-state index contributed by atoms with van der Waals surface area (Å²) in [7, 11) is -1.62. The number of nitrogens with zero attached hydrogens (tertiary/aromatic N) is 4. The number of rotatable bonds is 9. The molecular weight excluding hydrogens is 478 g/mol. The number of aliphatic imine (C=N–C) groups is 2. The average Bonchev–Trinajstić information content (AvgIpc) is 3.25. The highest BCUT2D eigenvalue weighted by Crippen LogP contribution is 2.40. The molecule has 0 saturated heterocycles. The molecule has 0 aliphatic heterocycles. The third kappa shape index (κ3) is 6.91. The Morgan fingerprint density at radius 2 is 2.03 bits per heavy atom. The standard InChI is InChI=1S/C23H32ClN5O2S2/c1-7-15(11-18(25-6)16-10-14(16)2)28-21-17(24)12-26-22(29-21)19-8-9-20(32-19)33(30,31)13-27-23(3,4)5/h8-9,12,14,16,27H,7,10-11,13H2,1-6H3. The van der Waals surface area contributed by atoms with E-state index in [1.54, 1.807) is 12.1 Å². The molecule has 1 aliphatic rings. The van der Waals surface area contributed by atoms with Gasteiger partial charge in [0, 0.05) is 36.3 Å². The molecule has 1 N–H and O–H groups in total. The van der Waals surface area contributed by atoms with Gasteiger partial charge in [0.25, 0.3) is 0 Å². The number of sulfone groups is 1. The maximum absolute atomic E-state index is 12.7. The highest BCUT2D eigenvalue weighted by Gasteiger charge is 2.36. The van der Waals surface area contributed by atoms with Crippen molar-refractivity contribution in [3.05, 3.63) is 23.4 Å². The second-order valence-corrected chi connectivity index (χ2v) is 13.1. The van der Waals surface area contributed by atoms with Crippen LogP contribution in [0, 0.1) is 11.8 Å². The molecule has 180 valence electrons. The normalized spacial score (nSPS) is 19.7. The van der Waals surface area contributed by atoms with E-state index in [1.807, 2.05) is 27.8 Å². The molecule has 0 aromatic carbocycles. The van der Waals surface area contributed by atoms with Gasteiger partial charge < -0.3 is 0 Å². The number of halogens is 1. The summed E-state index contributed by atoms with van der Waals surface area (Å²) in [5, 5.41) is 3.39. The van der Waals surface area contributed by atoms with E-state index in [-0.39, 0.29) is 15.6 Å². The van der Waals surface area contributed by atoms with Gasteiger partial charge in [0.2, 0.25) is 9.84 Å². The van der Waals surface area contributed by atoms with E-state index in [1.165, 1.54) is 18.3 Å². The highest BCUT2D eigenvalue weighted by molar-refractivity contribution is 7.93. The van der Waals surface area contributed by atoms with Crippen LogP contribution in [0.1, 0.15) is 53.9 Å². The van der Waals surface area contributed by atoms with Crippen LogP contribution in [0.25, 0.3) is 10.7 Å². The topological polar surface area (TPSA) is 96.7 Å². The smallest absolute Gasteiger partial charge is 0.200 e. The van der Waals surface area contributed by atoms with Gasteiger partial charge in [0.1, 0.15) is 15.1 Å². The van der Waals surface area contributed by atoms with Crippen LogP contribution < -0.4 is 5.32 Å². The van der Waals surface area contributed by atoms with Crippen LogP contribution >= 0.6 is 22.9 Å². The molecule has 1 saturated carbocycles. The zero-order valence-corrected chi connectivity index (χ0v) is 22.4. The summed E-state index contributed by atoms with van der Waals surface area (Å²) in [5.74, 6) is 1.89. The van der Waals surface area contributed by atoms with Gasteiger partial charge in [-0.3, -0.25) is 10.3 Å². The number of thiophene rings is 1. The first-order valence-corrected chi connectivity index (χ1v) is 13.9. The number of aromatic nitrogens is 2. The Balaban J connectivity index is 1.84. The fourth-order valence-corrected chi connectivity index (χ4v) is 6.12. The third-order valence-electron chi connectivity index (χ3n) is 5.51. The van der Waals surface area contributed by atoms with Gasteiger partial charge in [0.15, 0.2) is 11.6 Å². The summed E-state index contributed by atoms with van der Waals surface area (Å²) < 4.78 is 25.7. The van der Waals surface area contributed by atoms with Crippen LogP contribution in [0.2, 0.25) is 5.02 Å².